The summed E-state index contributed by atoms with van der Waals surface area (Å²) < 4.78 is 23.2. The number of rotatable bonds is 6. The lowest BCUT2D eigenvalue weighted by atomic mass is 10.2. The number of carboxylic acid groups (broad SMARTS) is 1. The van der Waals surface area contributed by atoms with Gasteiger partial charge in [0.25, 0.3) is 0 Å². The van der Waals surface area contributed by atoms with E-state index in [1.165, 1.54) is 18.3 Å². The van der Waals surface area contributed by atoms with Crippen LogP contribution in [-0.2, 0) is 21.1 Å². The van der Waals surface area contributed by atoms with Crippen LogP contribution in [0.25, 0.3) is 0 Å². The normalized spacial score (nSPS) is 13.6. The highest BCUT2D eigenvalue weighted by molar-refractivity contribution is 7.91. The number of carbonyl (C=O) groups is 1. The molecule has 0 bridgehead atoms. The summed E-state index contributed by atoms with van der Waals surface area (Å²) in [5.74, 6) is -2.18. The second-order valence-electron chi connectivity index (χ2n) is 3.74. The smallest absolute Gasteiger partial charge is 0.307 e. The fraction of sp³-hybridized carbons (Fsp3) is 0.500. The van der Waals surface area contributed by atoms with Crippen molar-refractivity contribution in [2.45, 2.75) is 13.3 Å². The van der Waals surface area contributed by atoms with E-state index in [2.05, 4.69) is 0 Å². The van der Waals surface area contributed by atoms with Crippen molar-refractivity contribution in [1.82, 2.24) is 0 Å². The molecule has 0 saturated heterocycles. The summed E-state index contributed by atoms with van der Waals surface area (Å²) in [5, 5.41) is 12.4. The van der Waals surface area contributed by atoms with Crippen LogP contribution in [0.5, 0.6) is 0 Å². The van der Waals surface area contributed by atoms with E-state index in [1.54, 1.807) is 0 Å². The van der Waals surface area contributed by atoms with Crippen LogP contribution in [0.15, 0.2) is 16.8 Å². The number of aliphatic carboxylic acids is 1. The first-order valence-corrected chi connectivity index (χ1v) is 7.61. The number of sulfone groups is 1. The number of aryl methyl sites for hydroxylation is 1. The molecule has 0 amide bonds. The van der Waals surface area contributed by atoms with Gasteiger partial charge in [-0.25, -0.2) is 8.42 Å². The Hall–Kier alpha value is -0.880. The Kier molecular flexibility index (Phi) is 4.49. The van der Waals surface area contributed by atoms with Gasteiger partial charge in [0.15, 0.2) is 9.84 Å². The van der Waals surface area contributed by atoms with Crippen LogP contribution in [0.3, 0.4) is 0 Å². The number of thiophene rings is 1. The molecule has 0 aromatic carbocycles. The molecule has 0 fully saturated rings. The standard InChI is InChI=1S/C10H14O4S2/c1-8(10(11)12)7-16(13,14)5-3-9-2-4-15-6-9/h2,4,6,8H,3,5,7H2,1H3,(H,11,12). The maximum atomic E-state index is 11.6. The molecular weight excluding hydrogens is 248 g/mol. The van der Waals surface area contributed by atoms with Crippen molar-refractivity contribution in [3.05, 3.63) is 22.4 Å². The summed E-state index contributed by atoms with van der Waals surface area (Å²) in [7, 11) is -3.28. The topological polar surface area (TPSA) is 71.4 Å². The van der Waals surface area contributed by atoms with E-state index < -0.39 is 21.7 Å². The molecule has 1 aromatic rings. The molecule has 0 saturated carbocycles. The van der Waals surface area contributed by atoms with Crippen LogP contribution in [0.2, 0.25) is 0 Å². The highest BCUT2D eigenvalue weighted by Gasteiger charge is 2.20. The average Bonchev–Trinajstić information content (AvgIpc) is 2.66. The molecule has 6 heteroatoms. The van der Waals surface area contributed by atoms with Crippen molar-refractivity contribution in [1.29, 1.82) is 0 Å². The molecule has 90 valence electrons. The first-order valence-electron chi connectivity index (χ1n) is 4.85. The predicted molar refractivity (Wildman–Crippen MR) is 63.5 cm³/mol. The Balaban J connectivity index is 2.49. The van der Waals surface area contributed by atoms with E-state index in [-0.39, 0.29) is 11.5 Å². The van der Waals surface area contributed by atoms with Crippen molar-refractivity contribution >= 4 is 27.1 Å². The number of hydrogen-bond donors (Lipinski definition) is 1. The number of carboxylic acids is 1. The van der Waals surface area contributed by atoms with E-state index >= 15 is 0 Å². The largest absolute Gasteiger partial charge is 0.481 e. The van der Waals surface area contributed by atoms with Gasteiger partial charge in [-0.3, -0.25) is 4.79 Å². The van der Waals surface area contributed by atoms with Gasteiger partial charge in [-0.2, -0.15) is 11.3 Å². The zero-order valence-corrected chi connectivity index (χ0v) is 10.6. The van der Waals surface area contributed by atoms with Gasteiger partial charge in [0.05, 0.1) is 17.4 Å². The van der Waals surface area contributed by atoms with Crippen molar-refractivity contribution in [3.8, 4) is 0 Å². The SMILES string of the molecule is CC(CS(=O)(=O)CCc1ccsc1)C(=O)O. The molecule has 1 heterocycles. The maximum Gasteiger partial charge on any atom is 0.307 e. The van der Waals surface area contributed by atoms with E-state index in [0.717, 1.165) is 5.56 Å². The molecule has 0 spiro atoms. The number of hydrogen-bond acceptors (Lipinski definition) is 4. The zero-order chi connectivity index (χ0) is 12.2. The predicted octanol–water partition coefficient (Wildman–Crippen LogP) is 1.43. The van der Waals surface area contributed by atoms with Gasteiger partial charge in [0, 0.05) is 0 Å². The molecule has 0 aliphatic carbocycles. The first kappa shape index (κ1) is 13.2. The van der Waals surface area contributed by atoms with Gasteiger partial charge in [-0.05, 0) is 28.8 Å². The second kappa shape index (κ2) is 5.45. The minimum atomic E-state index is -3.28. The molecule has 1 aromatic heterocycles. The lowest BCUT2D eigenvalue weighted by Crippen LogP contribution is -2.23. The van der Waals surface area contributed by atoms with Crippen LogP contribution in [-0.4, -0.2) is 31.0 Å². The summed E-state index contributed by atoms with van der Waals surface area (Å²) in [6, 6.07) is 1.88. The van der Waals surface area contributed by atoms with E-state index in [1.807, 2.05) is 16.8 Å². The third kappa shape index (κ3) is 4.32. The third-order valence-electron chi connectivity index (χ3n) is 2.21. The lowest BCUT2D eigenvalue weighted by molar-refractivity contribution is -0.140. The quantitative estimate of drug-likeness (QED) is 0.841. The third-order valence-corrected chi connectivity index (χ3v) is 4.77. The minimum absolute atomic E-state index is 0.0152. The minimum Gasteiger partial charge on any atom is -0.481 e. The van der Waals surface area contributed by atoms with E-state index in [4.69, 9.17) is 5.11 Å². The Morgan fingerprint density at radius 3 is 2.75 bits per heavy atom. The van der Waals surface area contributed by atoms with Crippen molar-refractivity contribution in [3.63, 3.8) is 0 Å². The molecule has 16 heavy (non-hydrogen) atoms. The molecule has 1 atom stereocenters. The van der Waals surface area contributed by atoms with Crippen molar-refractivity contribution in [2.24, 2.45) is 5.92 Å². The van der Waals surface area contributed by atoms with Gasteiger partial charge in [0.2, 0.25) is 0 Å². The molecular formula is C10H14O4S2. The Bertz CT molecular complexity index is 433. The van der Waals surface area contributed by atoms with Crippen LogP contribution < -0.4 is 0 Å². The highest BCUT2D eigenvalue weighted by atomic mass is 32.2. The Labute approximate surface area is 98.8 Å². The van der Waals surface area contributed by atoms with Gasteiger partial charge in [-0.1, -0.05) is 6.92 Å². The molecule has 0 aliphatic rings. The molecule has 1 rings (SSSR count). The van der Waals surface area contributed by atoms with E-state index in [9.17, 15) is 13.2 Å². The lowest BCUT2D eigenvalue weighted by Gasteiger charge is -2.06. The summed E-state index contributed by atoms with van der Waals surface area (Å²) in [6.07, 6.45) is 0.457. The highest BCUT2D eigenvalue weighted by Crippen LogP contribution is 2.09. The van der Waals surface area contributed by atoms with Gasteiger partial charge in [0.1, 0.15) is 0 Å². The maximum absolute atomic E-state index is 11.6. The molecule has 1 unspecified atom stereocenters. The van der Waals surface area contributed by atoms with Crippen molar-refractivity contribution < 1.29 is 18.3 Å². The van der Waals surface area contributed by atoms with Crippen LogP contribution >= 0.6 is 11.3 Å². The molecule has 0 aliphatic heterocycles. The second-order valence-corrected chi connectivity index (χ2v) is 6.74. The Morgan fingerprint density at radius 2 is 2.25 bits per heavy atom. The van der Waals surface area contributed by atoms with Gasteiger partial charge >= 0.3 is 5.97 Å². The van der Waals surface area contributed by atoms with Gasteiger partial charge < -0.3 is 5.11 Å². The van der Waals surface area contributed by atoms with Crippen LogP contribution in [0, 0.1) is 5.92 Å². The molecule has 1 N–H and O–H groups in total. The molecule has 0 radical (unpaired) electrons. The fourth-order valence-electron chi connectivity index (χ4n) is 1.24. The van der Waals surface area contributed by atoms with Crippen molar-refractivity contribution in [2.75, 3.05) is 11.5 Å². The summed E-state index contributed by atoms with van der Waals surface area (Å²) >= 11 is 1.52. The zero-order valence-electron chi connectivity index (χ0n) is 8.92. The monoisotopic (exact) mass is 262 g/mol. The summed E-state index contributed by atoms with van der Waals surface area (Å²) in [5.41, 5.74) is 0.983. The van der Waals surface area contributed by atoms with Crippen LogP contribution in [0.1, 0.15) is 12.5 Å². The van der Waals surface area contributed by atoms with E-state index in [0.29, 0.717) is 6.42 Å². The summed E-state index contributed by atoms with van der Waals surface area (Å²) in [4.78, 5) is 10.5. The Morgan fingerprint density at radius 1 is 1.56 bits per heavy atom. The summed E-state index contributed by atoms with van der Waals surface area (Å²) in [6.45, 7) is 1.41. The fourth-order valence-corrected chi connectivity index (χ4v) is 3.56. The first-order chi connectivity index (χ1) is 7.41. The van der Waals surface area contributed by atoms with Crippen LogP contribution in [0.4, 0.5) is 0 Å². The molecule has 4 nitrogen and oxygen atoms in total. The average molecular weight is 262 g/mol. The van der Waals surface area contributed by atoms with Gasteiger partial charge in [-0.15, -0.1) is 0 Å².